The third-order valence-corrected chi connectivity index (χ3v) is 7.03. The second-order valence-corrected chi connectivity index (χ2v) is 9.31. The zero-order chi connectivity index (χ0) is 22.4. The molecule has 0 aliphatic carbocycles. The third kappa shape index (κ3) is 5.43. The summed E-state index contributed by atoms with van der Waals surface area (Å²) in [6.07, 6.45) is 3.21. The molecule has 0 spiro atoms. The number of nitrogens with zero attached hydrogens (tertiary/aromatic N) is 3. The van der Waals surface area contributed by atoms with Gasteiger partial charge in [0.1, 0.15) is 17.7 Å². The first-order valence-corrected chi connectivity index (χ1v) is 11.2. The van der Waals surface area contributed by atoms with Gasteiger partial charge in [0.25, 0.3) is 5.91 Å². The molecule has 0 saturated carbocycles. The zero-order valence-corrected chi connectivity index (χ0v) is 17.5. The van der Waals surface area contributed by atoms with Crippen LogP contribution in [0.1, 0.15) is 17.3 Å². The number of aromatic nitrogens is 1. The Labute approximate surface area is 179 Å². The number of ether oxygens (including phenoxy) is 1. The lowest BCUT2D eigenvalue weighted by atomic mass is 10.1. The van der Waals surface area contributed by atoms with Crippen molar-refractivity contribution >= 4 is 33.9 Å². The molecular formula is C20H22FN5O4S. The van der Waals surface area contributed by atoms with Crippen LogP contribution >= 0.6 is 0 Å². The van der Waals surface area contributed by atoms with E-state index in [1.165, 1.54) is 23.2 Å². The largest absolute Gasteiger partial charge is 0.476 e. The standard InChI is InChI=1S/C20H22FN5O4S/c1-14-13-31(28,29)16(12-30-19-7-6-15(21)10-23-19)11-26(14)20(27)17-4-2-3-5-18(17)25-24-9-8-22/h2-10,14,16,22,25H,11-13H2,1H3/b22-8?,24-9-/t14-,16-/m1/s1. The van der Waals surface area contributed by atoms with E-state index in [2.05, 4.69) is 15.5 Å². The second kappa shape index (κ2) is 9.65. The summed E-state index contributed by atoms with van der Waals surface area (Å²) in [5, 5.41) is 9.87. The van der Waals surface area contributed by atoms with E-state index >= 15 is 0 Å². The van der Waals surface area contributed by atoms with Crippen LogP contribution in [0.25, 0.3) is 0 Å². The topological polar surface area (TPSA) is 125 Å². The highest BCUT2D eigenvalue weighted by atomic mass is 32.2. The normalized spacial score (nSPS) is 20.4. The first-order valence-electron chi connectivity index (χ1n) is 9.46. The SMILES string of the molecule is C[C@@H]1CS(=O)(=O)[C@@H](COc2ccc(F)cn2)CN1C(=O)c1ccccc1N/N=C\C=N. The molecular weight excluding hydrogens is 425 g/mol. The molecule has 1 aromatic carbocycles. The second-order valence-electron chi connectivity index (χ2n) is 6.99. The maximum atomic E-state index is 13.2. The van der Waals surface area contributed by atoms with Gasteiger partial charge in [-0.25, -0.2) is 17.8 Å². The minimum absolute atomic E-state index is 0.0539. The van der Waals surface area contributed by atoms with Gasteiger partial charge in [-0.15, -0.1) is 0 Å². The number of benzene rings is 1. The number of hydrogen-bond donors (Lipinski definition) is 2. The number of hydrogen-bond acceptors (Lipinski definition) is 8. The fourth-order valence-electron chi connectivity index (χ4n) is 3.21. The van der Waals surface area contributed by atoms with E-state index in [9.17, 15) is 17.6 Å². The number of hydrazone groups is 1. The lowest BCUT2D eigenvalue weighted by molar-refractivity contribution is 0.0687. The Balaban J connectivity index is 1.78. The van der Waals surface area contributed by atoms with Crippen LogP contribution in [0, 0.1) is 11.2 Å². The number of sulfone groups is 1. The number of pyridine rings is 1. The van der Waals surface area contributed by atoms with Crippen molar-refractivity contribution in [3.63, 3.8) is 0 Å². The molecule has 1 aromatic heterocycles. The summed E-state index contributed by atoms with van der Waals surface area (Å²) in [5.74, 6) is -0.974. The summed E-state index contributed by atoms with van der Waals surface area (Å²) >= 11 is 0. The van der Waals surface area contributed by atoms with Gasteiger partial charge in [0.05, 0.1) is 29.4 Å². The van der Waals surface area contributed by atoms with Gasteiger partial charge in [0.2, 0.25) is 5.88 Å². The summed E-state index contributed by atoms with van der Waals surface area (Å²) < 4.78 is 43.8. The van der Waals surface area contributed by atoms with E-state index in [1.807, 2.05) is 0 Å². The molecule has 1 aliphatic heterocycles. The lowest BCUT2D eigenvalue weighted by Gasteiger charge is -2.37. The maximum absolute atomic E-state index is 13.2. The predicted octanol–water partition coefficient (Wildman–Crippen LogP) is 1.97. The van der Waals surface area contributed by atoms with Crippen molar-refractivity contribution in [2.24, 2.45) is 5.10 Å². The van der Waals surface area contributed by atoms with Gasteiger partial charge in [0.15, 0.2) is 9.84 Å². The van der Waals surface area contributed by atoms with Crippen molar-refractivity contribution < 1.29 is 22.3 Å². The predicted molar refractivity (Wildman–Crippen MR) is 115 cm³/mol. The van der Waals surface area contributed by atoms with Crippen LogP contribution in [0.4, 0.5) is 10.1 Å². The van der Waals surface area contributed by atoms with Gasteiger partial charge in [-0.2, -0.15) is 5.10 Å². The van der Waals surface area contributed by atoms with E-state index in [1.54, 1.807) is 31.2 Å². The van der Waals surface area contributed by atoms with Gasteiger partial charge >= 0.3 is 0 Å². The smallest absolute Gasteiger partial charge is 0.256 e. The number of para-hydroxylation sites is 1. The number of amides is 1. The van der Waals surface area contributed by atoms with Gasteiger partial charge in [-0.1, -0.05) is 12.1 Å². The Hall–Kier alpha value is -3.34. The van der Waals surface area contributed by atoms with Crippen LogP contribution in [0.5, 0.6) is 5.88 Å². The van der Waals surface area contributed by atoms with Gasteiger partial charge in [0, 0.05) is 24.9 Å². The molecule has 2 N–H and O–H groups in total. The Bertz CT molecular complexity index is 1080. The molecule has 2 atom stereocenters. The number of anilines is 1. The van der Waals surface area contributed by atoms with Crippen LogP contribution in [0.15, 0.2) is 47.7 Å². The maximum Gasteiger partial charge on any atom is 0.256 e. The molecule has 2 aromatic rings. The lowest BCUT2D eigenvalue weighted by Crippen LogP contribution is -2.55. The highest BCUT2D eigenvalue weighted by Crippen LogP contribution is 2.24. The summed E-state index contributed by atoms with van der Waals surface area (Å²) in [5.41, 5.74) is 3.49. The van der Waals surface area contributed by atoms with E-state index < -0.39 is 26.9 Å². The number of carbonyl (C=O) groups excluding carboxylic acids is 1. The Kier molecular flexibility index (Phi) is 6.95. The average Bonchev–Trinajstić information content (AvgIpc) is 2.74. The zero-order valence-electron chi connectivity index (χ0n) is 16.7. The third-order valence-electron chi connectivity index (χ3n) is 4.78. The van der Waals surface area contributed by atoms with Crippen molar-refractivity contribution in [1.82, 2.24) is 9.88 Å². The molecule has 0 bridgehead atoms. The van der Waals surface area contributed by atoms with E-state index in [4.69, 9.17) is 10.1 Å². The molecule has 3 rings (SSSR count). The first-order chi connectivity index (χ1) is 14.8. The fourth-order valence-corrected chi connectivity index (χ4v) is 4.99. The molecule has 31 heavy (non-hydrogen) atoms. The van der Waals surface area contributed by atoms with Gasteiger partial charge in [-0.3, -0.25) is 10.2 Å². The van der Waals surface area contributed by atoms with Crippen molar-refractivity contribution in [3.8, 4) is 5.88 Å². The van der Waals surface area contributed by atoms with Gasteiger partial charge in [-0.05, 0) is 25.1 Å². The highest BCUT2D eigenvalue weighted by Gasteiger charge is 2.40. The van der Waals surface area contributed by atoms with E-state index in [0.717, 1.165) is 12.4 Å². The van der Waals surface area contributed by atoms with Crippen molar-refractivity contribution in [2.75, 3.05) is 24.3 Å². The summed E-state index contributed by atoms with van der Waals surface area (Å²) in [7, 11) is -3.51. The van der Waals surface area contributed by atoms with Crippen LogP contribution < -0.4 is 10.2 Å². The van der Waals surface area contributed by atoms with Crippen molar-refractivity contribution in [3.05, 3.63) is 54.0 Å². The van der Waals surface area contributed by atoms with E-state index in [-0.39, 0.29) is 30.7 Å². The van der Waals surface area contributed by atoms with E-state index in [0.29, 0.717) is 11.3 Å². The monoisotopic (exact) mass is 447 g/mol. The van der Waals surface area contributed by atoms with Crippen molar-refractivity contribution in [2.45, 2.75) is 18.2 Å². The minimum atomic E-state index is -3.51. The fraction of sp³-hybridized carbons (Fsp3) is 0.300. The Morgan fingerprint density at radius 2 is 2.16 bits per heavy atom. The average molecular weight is 447 g/mol. The molecule has 11 heteroatoms. The molecule has 1 saturated heterocycles. The summed E-state index contributed by atoms with van der Waals surface area (Å²) in [6, 6.07) is 8.67. The molecule has 164 valence electrons. The Morgan fingerprint density at radius 3 is 2.87 bits per heavy atom. The molecule has 2 heterocycles. The highest BCUT2D eigenvalue weighted by molar-refractivity contribution is 7.92. The molecule has 1 fully saturated rings. The number of nitrogens with one attached hydrogen (secondary N) is 2. The Morgan fingerprint density at radius 1 is 1.39 bits per heavy atom. The summed E-state index contributed by atoms with van der Waals surface area (Å²) in [4.78, 5) is 18.5. The molecule has 0 radical (unpaired) electrons. The molecule has 0 unspecified atom stereocenters. The number of carbonyl (C=O) groups is 1. The van der Waals surface area contributed by atoms with Crippen LogP contribution in [-0.4, -0.2) is 66.8 Å². The van der Waals surface area contributed by atoms with Crippen LogP contribution in [-0.2, 0) is 9.84 Å². The minimum Gasteiger partial charge on any atom is -0.476 e. The van der Waals surface area contributed by atoms with Crippen LogP contribution in [0.2, 0.25) is 0 Å². The summed E-state index contributed by atoms with van der Waals surface area (Å²) in [6.45, 7) is 1.42. The first kappa shape index (κ1) is 22.3. The van der Waals surface area contributed by atoms with Crippen molar-refractivity contribution in [1.29, 1.82) is 5.41 Å². The molecule has 1 amide bonds. The number of rotatable bonds is 7. The number of halogens is 1. The quantitative estimate of drug-likeness (QED) is 0.494. The molecule has 1 aliphatic rings. The van der Waals surface area contributed by atoms with Gasteiger partial charge < -0.3 is 15.0 Å². The molecule has 9 nitrogen and oxygen atoms in total. The van der Waals surface area contributed by atoms with Crippen LogP contribution in [0.3, 0.4) is 0 Å².